The maximum Gasteiger partial charge on any atom is 0.433 e. The Morgan fingerprint density at radius 3 is 2.62 bits per heavy atom. The summed E-state index contributed by atoms with van der Waals surface area (Å²) in [5.74, 6) is 0.543. The van der Waals surface area contributed by atoms with Crippen molar-refractivity contribution in [3.05, 3.63) is 66.1 Å². The molecular formula is C16H11F3N2O3. The molecule has 0 aliphatic carbocycles. The zero-order valence-corrected chi connectivity index (χ0v) is 12.1. The van der Waals surface area contributed by atoms with Crippen LogP contribution < -0.4 is 5.32 Å². The summed E-state index contributed by atoms with van der Waals surface area (Å²) in [6.45, 7) is 0.0949. The molecule has 24 heavy (non-hydrogen) atoms. The highest BCUT2D eigenvalue weighted by molar-refractivity contribution is 5.93. The number of carbonyl (C=O) groups is 1. The van der Waals surface area contributed by atoms with Gasteiger partial charge in [0.2, 0.25) is 0 Å². The van der Waals surface area contributed by atoms with E-state index in [1.165, 1.54) is 12.5 Å². The third-order valence-corrected chi connectivity index (χ3v) is 3.21. The lowest BCUT2D eigenvalue weighted by Gasteiger charge is -2.06. The number of hydrogen-bond donors (Lipinski definition) is 1. The molecular weight excluding hydrogens is 325 g/mol. The molecule has 1 amide bonds. The summed E-state index contributed by atoms with van der Waals surface area (Å²) in [5, 5.41) is 2.55. The molecule has 0 radical (unpaired) electrons. The maximum atomic E-state index is 12.4. The fourth-order valence-electron chi connectivity index (χ4n) is 2.00. The molecule has 1 N–H and O–H groups in total. The van der Waals surface area contributed by atoms with Gasteiger partial charge in [-0.3, -0.25) is 9.78 Å². The molecule has 3 heterocycles. The van der Waals surface area contributed by atoms with Gasteiger partial charge in [-0.2, -0.15) is 13.2 Å². The molecule has 0 spiro atoms. The summed E-state index contributed by atoms with van der Waals surface area (Å²) in [7, 11) is 0. The number of rotatable bonds is 4. The number of furan rings is 2. The van der Waals surface area contributed by atoms with Crippen molar-refractivity contribution in [2.45, 2.75) is 12.7 Å². The van der Waals surface area contributed by atoms with Crippen LogP contribution in [0.2, 0.25) is 0 Å². The number of carbonyl (C=O) groups excluding carboxylic acids is 1. The first kappa shape index (κ1) is 15.9. The van der Waals surface area contributed by atoms with Crippen molar-refractivity contribution in [1.82, 2.24) is 10.3 Å². The Morgan fingerprint density at radius 1 is 1.17 bits per heavy atom. The maximum absolute atomic E-state index is 12.4. The van der Waals surface area contributed by atoms with Gasteiger partial charge in [-0.1, -0.05) is 0 Å². The molecule has 0 bridgehead atoms. The molecule has 0 aliphatic rings. The number of nitrogens with zero attached hydrogens (tertiary/aromatic N) is 1. The highest BCUT2D eigenvalue weighted by atomic mass is 19.4. The van der Waals surface area contributed by atoms with Crippen LogP contribution in [0.5, 0.6) is 0 Å². The summed E-state index contributed by atoms with van der Waals surface area (Å²) < 4.78 is 47.8. The molecule has 0 aromatic carbocycles. The second-order valence-electron chi connectivity index (χ2n) is 4.89. The summed E-state index contributed by atoms with van der Waals surface area (Å²) in [5.41, 5.74) is -0.251. The van der Waals surface area contributed by atoms with Crippen molar-refractivity contribution in [3.8, 4) is 11.3 Å². The minimum Gasteiger partial charge on any atom is -0.472 e. The second-order valence-corrected chi connectivity index (χ2v) is 4.89. The molecule has 0 saturated carbocycles. The lowest BCUT2D eigenvalue weighted by atomic mass is 10.2. The fraction of sp³-hybridized carbons (Fsp3) is 0.125. The average molecular weight is 336 g/mol. The van der Waals surface area contributed by atoms with Crippen LogP contribution in [-0.4, -0.2) is 10.9 Å². The molecule has 0 saturated heterocycles. The molecule has 3 aromatic rings. The van der Waals surface area contributed by atoms with Crippen LogP contribution >= 0.6 is 0 Å². The number of alkyl halides is 3. The first-order valence-electron chi connectivity index (χ1n) is 6.86. The standard InChI is InChI=1S/C16H11F3N2O3/c17-16(18,19)14-4-1-10(7-20-14)15(22)21-8-12-2-3-13(24-12)11-5-6-23-9-11/h1-7,9H,8H2,(H,21,22). The van der Waals surface area contributed by atoms with Crippen molar-refractivity contribution in [3.63, 3.8) is 0 Å². The largest absolute Gasteiger partial charge is 0.472 e. The zero-order valence-electron chi connectivity index (χ0n) is 12.1. The van der Waals surface area contributed by atoms with E-state index < -0.39 is 17.8 Å². The van der Waals surface area contributed by atoms with Gasteiger partial charge >= 0.3 is 6.18 Å². The Morgan fingerprint density at radius 2 is 2.00 bits per heavy atom. The second kappa shape index (κ2) is 6.23. The number of pyridine rings is 1. The molecule has 124 valence electrons. The van der Waals surface area contributed by atoms with Crippen LogP contribution in [0.4, 0.5) is 13.2 Å². The number of nitrogens with one attached hydrogen (secondary N) is 1. The van der Waals surface area contributed by atoms with Crippen molar-refractivity contribution >= 4 is 5.91 Å². The average Bonchev–Trinajstić information content (AvgIpc) is 3.23. The third-order valence-electron chi connectivity index (χ3n) is 3.21. The molecule has 0 fully saturated rings. The van der Waals surface area contributed by atoms with Crippen molar-refractivity contribution < 1.29 is 26.8 Å². The summed E-state index contributed by atoms with van der Waals surface area (Å²) in [6, 6.07) is 6.98. The zero-order chi connectivity index (χ0) is 17.2. The predicted molar refractivity (Wildman–Crippen MR) is 76.8 cm³/mol. The number of halogens is 3. The first-order chi connectivity index (χ1) is 11.4. The lowest BCUT2D eigenvalue weighted by molar-refractivity contribution is -0.141. The van der Waals surface area contributed by atoms with Gasteiger partial charge < -0.3 is 14.2 Å². The smallest absolute Gasteiger partial charge is 0.433 e. The van der Waals surface area contributed by atoms with Gasteiger partial charge in [0, 0.05) is 6.20 Å². The van der Waals surface area contributed by atoms with Crippen molar-refractivity contribution in [2.24, 2.45) is 0 Å². The molecule has 0 atom stereocenters. The SMILES string of the molecule is O=C(NCc1ccc(-c2ccoc2)o1)c1ccc(C(F)(F)F)nc1. The molecule has 5 nitrogen and oxygen atoms in total. The van der Waals surface area contributed by atoms with E-state index in [-0.39, 0.29) is 12.1 Å². The summed E-state index contributed by atoms with van der Waals surface area (Å²) >= 11 is 0. The van der Waals surface area contributed by atoms with Crippen LogP contribution in [0.3, 0.4) is 0 Å². The van der Waals surface area contributed by atoms with Crippen molar-refractivity contribution in [2.75, 3.05) is 0 Å². The van der Waals surface area contributed by atoms with Gasteiger partial charge in [0.05, 0.1) is 23.9 Å². The van der Waals surface area contributed by atoms with E-state index in [4.69, 9.17) is 8.83 Å². The topological polar surface area (TPSA) is 68.3 Å². The van der Waals surface area contributed by atoms with Crippen LogP contribution in [0.15, 0.2) is 57.9 Å². The van der Waals surface area contributed by atoms with Crippen LogP contribution in [0.25, 0.3) is 11.3 Å². The third kappa shape index (κ3) is 3.48. The Bertz CT molecular complexity index is 821. The molecule has 3 aromatic heterocycles. The highest BCUT2D eigenvalue weighted by Gasteiger charge is 2.32. The van der Waals surface area contributed by atoms with E-state index >= 15 is 0 Å². The fourth-order valence-corrected chi connectivity index (χ4v) is 2.00. The first-order valence-corrected chi connectivity index (χ1v) is 6.86. The molecule has 3 rings (SSSR count). The van der Waals surface area contributed by atoms with Crippen LogP contribution in [0.1, 0.15) is 21.8 Å². The van der Waals surface area contributed by atoms with Gasteiger partial charge in [0.15, 0.2) is 0 Å². The van der Waals surface area contributed by atoms with Crippen molar-refractivity contribution in [1.29, 1.82) is 0 Å². The normalized spacial score (nSPS) is 11.5. The Kier molecular flexibility index (Phi) is 4.11. The van der Waals surface area contributed by atoms with Crippen LogP contribution in [-0.2, 0) is 12.7 Å². The highest BCUT2D eigenvalue weighted by Crippen LogP contribution is 2.27. The van der Waals surface area contributed by atoms with Gasteiger partial charge in [0.25, 0.3) is 5.91 Å². The molecule has 8 heteroatoms. The minimum absolute atomic E-state index is 0.0321. The van der Waals surface area contributed by atoms with E-state index in [2.05, 4.69) is 10.3 Å². The Labute approximate surface area is 134 Å². The number of hydrogen-bond acceptors (Lipinski definition) is 4. The van der Waals surface area contributed by atoms with E-state index in [1.807, 2.05) is 0 Å². The summed E-state index contributed by atoms with van der Waals surface area (Å²) in [4.78, 5) is 15.2. The monoisotopic (exact) mass is 336 g/mol. The van der Waals surface area contributed by atoms with Gasteiger partial charge in [-0.15, -0.1) is 0 Å². The van der Waals surface area contributed by atoms with Gasteiger partial charge in [-0.25, -0.2) is 0 Å². The molecule has 0 aliphatic heterocycles. The van der Waals surface area contributed by atoms with Gasteiger partial charge in [0.1, 0.15) is 23.5 Å². The number of amides is 1. The Balaban J connectivity index is 1.61. The van der Waals surface area contributed by atoms with Gasteiger partial charge in [-0.05, 0) is 30.3 Å². The van der Waals surface area contributed by atoms with E-state index in [0.29, 0.717) is 11.5 Å². The number of aromatic nitrogens is 1. The van der Waals surface area contributed by atoms with E-state index in [1.54, 1.807) is 18.2 Å². The lowest BCUT2D eigenvalue weighted by Crippen LogP contribution is -2.23. The Hall–Kier alpha value is -3.03. The summed E-state index contributed by atoms with van der Waals surface area (Å²) in [6.07, 6.45) is -0.615. The minimum atomic E-state index is -4.54. The predicted octanol–water partition coefficient (Wildman–Crippen LogP) is 3.88. The quantitative estimate of drug-likeness (QED) is 0.785. The molecule has 0 unspecified atom stereocenters. The van der Waals surface area contributed by atoms with E-state index in [0.717, 1.165) is 23.9 Å². The van der Waals surface area contributed by atoms with E-state index in [9.17, 15) is 18.0 Å². The van der Waals surface area contributed by atoms with Crippen LogP contribution in [0, 0.1) is 0 Å².